The van der Waals surface area contributed by atoms with Crippen molar-refractivity contribution in [2.75, 3.05) is 20.4 Å². The Morgan fingerprint density at radius 2 is 2.14 bits per heavy atom. The third-order valence-electron chi connectivity index (χ3n) is 6.21. The van der Waals surface area contributed by atoms with E-state index in [0.29, 0.717) is 18.9 Å². The van der Waals surface area contributed by atoms with Gasteiger partial charge in [0.25, 0.3) is 0 Å². The fourth-order valence-electron chi connectivity index (χ4n) is 5.17. The summed E-state index contributed by atoms with van der Waals surface area (Å²) < 4.78 is 16.7. The van der Waals surface area contributed by atoms with E-state index in [1.165, 1.54) is 11.1 Å². The number of hydrogen-bond acceptors (Lipinski definition) is 5. The fraction of sp³-hybridized carbons (Fsp3) is 0.647. The lowest BCUT2D eigenvalue weighted by Gasteiger charge is -2.49. The Kier molecular flexibility index (Phi) is 2.62. The summed E-state index contributed by atoms with van der Waals surface area (Å²) in [7, 11) is 1.80. The molecule has 0 spiro atoms. The van der Waals surface area contributed by atoms with Gasteiger partial charge in [0.15, 0.2) is 11.5 Å². The van der Waals surface area contributed by atoms with Gasteiger partial charge < -0.3 is 19.3 Å². The van der Waals surface area contributed by atoms with Gasteiger partial charge in [-0.1, -0.05) is 0 Å². The Morgan fingerprint density at radius 1 is 1.32 bits per heavy atom. The van der Waals surface area contributed by atoms with Crippen LogP contribution in [0.25, 0.3) is 0 Å². The zero-order valence-electron chi connectivity index (χ0n) is 12.7. The first-order valence-corrected chi connectivity index (χ1v) is 8.10. The van der Waals surface area contributed by atoms with Crippen molar-refractivity contribution in [3.05, 3.63) is 23.3 Å². The highest BCUT2D eigenvalue weighted by atomic mass is 16.7. The van der Waals surface area contributed by atoms with E-state index < -0.39 is 0 Å². The van der Waals surface area contributed by atoms with E-state index in [0.717, 1.165) is 43.9 Å². The van der Waals surface area contributed by atoms with Crippen molar-refractivity contribution in [1.29, 1.82) is 0 Å². The number of nitrogens with zero attached hydrogens (tertiary/aromatic N) is 1. The molecule has 118 valence electrons. The molecule has 0 amide bonds. The van der Waals surface area contributed by atoms with Crippen molar-refractivity contribution < 1.29 is 19.3 Å². The molecule has 1 unspecified atom stereocenters. The second kappa shape index (κ2) is 4.37. The third kappa shape index (κ3) is 1.49. The lowest BCUT2D eigenvalue weighted by atomic mass is 9.62. The largest absolute Gasteiger partial charge is 0.454 e. The highest BCUT2D eigenvalue weighted by Crippen LogP contribution is 2.55. The van der Waals surface area contributed by atoms with Crippen molar-refractivity contribution in [1.82, 2.24) is 4.90 Å². The highest BCUT2D eigenvalue weighted by molar-refractivity contribution is 5.54. The Bertz CT molecular complexity index is 633. The van der Waals surface area contributed by atoms with Gasteiger partial charge in [0.1, 0.15) is 0 Å². The monoisotopic (exact) mass is 303 g/mol. The molecule has 0 aromatic heterocycles. The Hall–Kier alpha value is -1.30. The van der Waals surface area contributed by atoms with Crippen LogP contribution >= 0.6 is 0 Å². The summed E-state index contributed by atoms with van der Waals surface area (Å²) in [5.74, 6) is 1.67. The number of hydrogen-bond donors (Lipinski definition) is 1. The van der Waals surface area contributed by atoms with Gasteiger partial charge in [-0.15, -0.1) is 0 Å². The standard InChI is InChI=1S/C17H21NO4/c1-20-11-2-3-17-12-6-14-13(21-9-22-14)4-10(12)7-18(8-16(17)19)15(17)5-11/h4,6,11,15-16,19H,2-3,5,7-9H2,1H3/t11-,15+,16+,17+/m1/s1. The predicted molar refractivity (Wildman–Crippen MR) is 79.1 cm³/mol. The van der Waals surface area contributed by atoms with Gasteiger partial charge in [-0.05, 0) is 42.5 Å². The van der Waals surface area contributed by atoms with Gasteiger partial charge in [0.2, 0.25) is 6.79 Å². The van der Waals surface area contributed by atoms with E-state index in [1.807, 2.05) is 0 Å². The van der Waals surface area contributed by atoms with Crippen molar-refractivity contribution in [3.63, 3.8) is 0 Å². The molecule has 1 N–H and O–H groups in total. The van der Waals surface area contributed by atoms with Gasteiger partial charge in [-0.2, -0.15) is 0 Å². The molecule has 1 saturated carbocycles. The maximum atomic E-state index is 10.9. The SMILES string of the molecule is CO[C@@H]1CC[C@@]23c4cc5c(cc4CN(C[C@@H]2O)[C@H]3C1)OCO5. The summed E-state index contributed by atoms with van der Waals surface area (Å²) in [6.07, 6.45) is 2.98. The van der Waals surface area contributed by atoms with Crippen molar-refractivity contribution >= 4 is 0 Å². The first-order valence-electron chi connectivity index (χ1n) is 8.10. The van der Waals surface area contributed by atoms with Crippen LogP contribution < -0.4 is 9.47 Å². The minimum atomic E-state index is -0.308. The summed E-state index contributed by atoms with van der Waals surface area (Å²) in [4.78, 5) is 2.43. The topological polar surface area (TPSA) is 51.2 Å². The van der Waals surface area contributed by atoms with Gasteiger partial charge in [0, 0.05) is 31.7 Å². The smallest absolute Gasteiger partial charge is 0.231 e. The van der Waals surface area contributed by atoms with Crippen LogP contribution in [0.3, 0.4) is 0 Å². The van der Waals surface area contributed by atoms with Crippen LogP contribution in [0, 0.1) is 0 Å². The van der Waals surface area contributed by atoms with E-state index in [4.69, 9.17) is 14.2 Å². The number of rotatable bonds is 1. The number of methoxy groups -OCH3 is 1. The molecule has 4 aliphatic rings. The molecular weight excluding hydrogens is 282 g/mol. The maximum absolute atomic E-state index is 10.9. The molecular formula is C17H21NO4. The lowest BCUT2D eigenvalue weighted by molar-refractivity contribution is -0.00705. The molecule has 0 radical (unpaired) electrons. The van der Waals surface area contributed by atoms with Gasteiger partial charge in [0.05, 0.1) is 12.2 Å². The van der Waals surface area contributed by atoms with Gasteiger partial charge in [-0.25, -0.2) is 0 Å². The minimum absolute atomic E-state index is 0.163. The average molecular weight is 303 g/mol. The molecule has 5 heteroatoms. The van der Waals surface area contributed by atoms with E-state index in [1.54, 1.807) is 7.11 Å². The second-order valence-electron chi connectivity index (χ2n) is 7.00. The summed E-state index contributed by atoms with van der Waals surface area (Å²) >= 11 is 0. The van der Waals surface area contributed by atoms with Crippen LogP contribution in [0.5, 0.6) is 11.5 Å². The first-order chi connectivity index (χ1) is 10.7. The number of ether oxygens (including phenoxy) is 3. The van der Waals surface area contributed by atoms with Crippen molar-refractivity contribution in [2.45, 2.75) is 49.5 Å². The molecule has 1 aromatic carbocycles. The lowest BCUT2D eigenvalue weighted by Crippen LogP contribution is -2.54. The van der Waals surface area contributed by atoms with E-state index in [9.17, 15) is 5.11 Å². The van der Waals surface area contributed by atoms with Gasteiger partial charge in [-0.3, -0.25) is 4.90 Å². The minimum Gasteiger partial charge on any atom is -0.454 e. The van der Waals surface area contributed by atoms with Crippen molar-refractivity contribution in [2.24, 2.45) is 0 Å². The van der Waals surface area contributed by atoms with Crippen LogP contribution in [0.15, 0.2) is 12.1 Å². The quantitative estimate of drug-likeness (QED) is 0.850. The summed E-state index contributed by atoms with van der Waals surface area (Å²) in [5.41, 5.74) is 2.40. The zero-order chi connectivity index (χ0) is 14.9. The molecule has 2 bridgehead atoms. The number of aliphatic hydroxyl groups excluding tert-OH is 1. The van der Waals surface area contributed by atoms with Crippen LogP contribution in [0.1, 0.15) is 30.4 Å². The van der Waals surface area contributed by atoms with Crippen LogP contribution in [0.2, 0.25) is 0 Å². The summed E-state index contributed by atoms with van der Waals surface area (Å²) in [6.45, 7) is 1.93. The third-order valence-corrected chi connectivity index (χ3v) is 6.21. The first kappa shape index (κ1) is 13.2. The molecule has 5 rings (SSSR count). The molecule has 22 heavy (non-hydrogen) atoms. The number of benzene rings is 1. The van der Waals surface area contributed by atoms with E-state index >= 15 is 0 Å². The summed E-state index contributed by atoms with van der Waals surface area (Å²) in [6, 6.07) is 4.61. The molecule has 3 aliphatic heterocycles. The maximum Gasteiger partial charge on any atom is 0.231 e. The second-order valence-corrected chi connectivity index (χ2v) is 7.00. The normalized spacial score (nSPS) is 41.2. The Balaban J connectivity index is 1.66. The molecule has 2 fully saturated rings. The molecule has 1 aromatic rings. The average Bonchev–Trinajstić information content (AvgIpc) is 3.06. The molecule has 5 atom stereocenters. The molecule has 3 heterocycles. The van der Waals surface area contributed by atoms with Crippen molar-refractivity contribution in [3.8, 4) is 11.5 Å². The summed E-state index contributed by atoms with van der Waals surface area (Å²) in [5, 5.41) is 10.9. The van der Waals surface area contributed by atoms with Crippen LogP contribution in [-0.4, -0.2) is 48.7 Å². The van der Waals surface area contributed by atoms with Crippen LogP contribution in [0.4, 0.5) is 0 Å². The Labute approximate surface area is 129 Å². The Morgan fingerprint density at radius 3 is 2.95 bits per heavy atom. The molecule has 1 saturated heterocycles. The predicted octanol–water partition coefficient (Wildman–Crippen LogP) is 1.41. The van der Waals surface area contributed by atoms with E-state index in [-0.39, 0.29) is 11.5 Å². The fourth-order valence-corrected chi connectivity index (χ4v) is 5.17. The zero-order valence-corrected chi connectivity index (χ0v) is 12.7. The number of fused-ring (bicyclic) bond motifs is 2. The molecule has 1 aliphatic carbocycles. The van der Waals surface area contributed by atoms with Crippen LogP contribution in [-0.2, 0) is 16.7 Å². The number of aliphatic hydroxyl groups is 1. The van der Waals surface area contributed by atoms with Gasteiger partial charge >= 0.3 is 0 Å². The van der Waals surface area contributed by atoms with E-state index in [2.05, 4.69) is 17.0 Å². The molecule has 5 nitrogen and oxygen atoms in total. The highest BCUT2D eigenvalue weighted by Gasteiger charge is 2.60.